The Morgan fingerprint density at radius 2 is 2.06 bits per heavy atom. The van der Waals surface area contributed by atoms with Gasteiger partial charge in [-0.05, 0) is 20.3 Å². The van der Waals surface area contributed by atoms with E-state index in [0.29, 0.717) is 0 Å². The molecule has 0 unspecified atom stereocenters. The van der Waals surface area contributed by atoms with E-state index in [2.05, 4.69) is 11.7 Å². The maximum Gasteiger partial charge on any atom is 0.337 e. The van der Waals surface area contributed by atoms with Crippen LogP contribution in [0.3, 0.4) is 0 Å². The zero-order chi connectivity index (χ0) is 13.8. The van der Waals surface area contributed by atoms with Crippen molar-refractivity contribution < 1.29 is 24.1 Å². The molecule has 1 saturated heterocycles. The number of carbonyl (C=O) groups is 1. The van der Waals surface area contributed by atoms with Crippen LogP contribution in [0.1, 0.15) is 46.5 Å². The van der Waals surface area contributed by atoms with E-state index in [1.165, 1.54) is 7.11 Å². The van der Waals surface area contributed by atoms with E-state index < -0.39 is 24.0 Å². The fourth-order valence-electron chi connectivity index (χ4n) is 2.20. The molecule has 0 bridgehead atoms. The highest BCUT2D eigenvalue weighted by Crippen LogP contribution is 2.32. The van der Waals surface area contributed by atoms with Crippen LogP contribution in [0.2, 0.25) is 0 Å². The Labute approximate surface area is 108 Å². The first-order valence-corrected chi connectivity index (χ1v) is 6.53. The minimum absolute atomic E-state index is 0.263. The number of aliphatic hydroxyl groups is 1. The second kappa shape index (κ2) is 6.50. The number of hydrogen-bond acceptors (Lipinski definition) is 5. The van der Waals surface area contributed by atoms with E-state index in [-0.39, 0.29) is 6.10 Å². The van der Waals surface area contributed by atoms with Crippen LogP contribution in [0.25, 0.3) is 0 Å². The lowest BCUT2D eigenvalue weighted by Gasteiger charge is -2.20. The summed E-state index contributed by atoms with van der Waals surface area (Å²) in [5.74, 6) is -1.45. The van der Waals surface area contributed by atoms with Crippen molar-refractivity contribution in [2.75, 3.05) is 7.11 Å². The zero-order valence-electron chi connectivity index (χ0n) is 11.6. The Hall–Kier alpha value is -0.650. The topological polar surface area (TPSA) is 65.0 Å². The highest BCUT2D eigenvalue weighted by molar-refractivity contribution is 5.75. The quantitative estimate of drug-likeness (QED) is 0.580. The van der Waals surface area contributed by atoms with Crippen molar-refractivity contribution in [3.63, 3.8) is 0 Å². The van der Waals surface area contributed by atoms with E-state index in [4.69, 9.17) is 9.47 Å². The average molecular weight is 260 g/mol. The molecule has 0 radical (unpaired) electrons. The fourth-order valence-corrected chi connectivity index (χ4v) is 2.20. The van der Waals surface area contributed by atoms with Crippen LogP contribution < -0.4 is 0 Å². The number of hydrogen-bond donors (Lipinski definition) is 1. The molecule has 5 heteroatoms. The summed E-state index contributed by atoms with van der Waals surface area (Å²) in [5.41, 5.74) is 0. The van der Waals surface area contributed by atoms with Crippen molar-refractivity contribution >= 4 is 5.97 Å². The van der Waals surface area contributed by atoms with Gasteiger partial charge in [-0.15, -0.1) is 0 Å². The normalized spacial score (nSPS) is 28.1. The Kier molecular flexibility index (Phi) is 5.56. The minimum Gasteiger partial charge on any atom is -0.467 e. The number of methoxy groups -OCH3 is 1. The van der Waals surface area contributed by atoms with Gasteiger partial charge >= 0.3 is 5.97 Å². The third-order valence-corrected chi connectivity index (χ3v) is 3.07. The molecule has 1 fully saturated rings. The van der Waals surface area contributed by atoms with Crippen molar-refractivity contribution in [2.24, 2.45) is 0 Å². The molecule has 0 aromatic heterocycles. The summed E-state index contributed by atoms with van der Waals surface area (Å²) in [4.78, 5) is 11.4. The van der Waals surface area contributed by atoms with Gasteiger partial charge in [-0.2, -0.15) is 0 Å². The highest BCUT2D eigenvalue weighted by atomic mass is 16.8. The molecule has 18 heavy (non-hydrogen) atoms. The Morgan fingerprint density at radius 1 is 1.39 bits per heavy atom. The van der Waals surface area contributed by atoms with E-state index in [1.807, 2.05) is 0 Å². The number of unbranched alkanes of at least 4 members (excludes halogenated alkanes) is 2. The molecule has 0 aromatic carbocycles. The minimum atomic E-state index is -1.29. The lowest BCUT2D eigenvalue weighted by molar-refractivity contribution is -0.170. The average Bonchev–Trinajstić information content (AvgIpc) is 2.63. The van der Waals surface area contributed by atoms with E-state index >= 15 is 0 Å². The van der Waals surface area contributed by atoms with Crippen LogP contribution in [0.4, 0.5) is 0 Å². The molecule has 0 aromatic rings. The summed E-state index contributed by atoms with van der Waals surface area (Å²) in [6, 6.07) is 0. The molecular formula is C13H24O5. The van der Waals surface area contributed by atoms with Gasteiger partial charge in [0.05, 0.1) is 13.2 Å². The molecule has 0 amide bonds. The summed E-state index contributed by atoms with van der Waals surface area (Å²) in [7, 11) is 1.25. The van der Waals surface area contributed by atoms with Crippen molar-refractivity contribution in [1.82, 2.24) is 0 Å². The predicted molar refractivity (Wildman–Crippen MR) is 66.0 cm³/mol. The van der Waals surface area contributed by atoms with Crippen molar-refractivity contribution in [3.05, 3.63) is 0 Å². The molecular weight excluding hydrogens is 236 g/mol. The van der Waals surface area contributed by atoms with Gasteiger partial charge in [0.15, 0.2) is 11.9 Å². The molecule has 0 spiro atoms. The summed E-state index contributed by atoms with van der Waals surface area (Å²) in [6.07, 6.45) is 1.78. The van der Waals surface area contributed by atoms with E-state index in [9.17, 15) is 9.90 Å². The van der Waals surface area contributed by atoms with Crippen LogP contribution in [-0.2, 0) is 19.0 Å². The number of ether oxygens (including phenoxy) is 3. The van der Waals surface area contributed by atoms with Gasteiger partial charge in [-0.1, -0.05) is 26.2 Å². The molecule has 1 aliphatic rings. The molecule has 106 valence electrons. The molecule has 5 nitrogen and oxygen atoms in total. The maximum atomic E-state index is 11.4. The van der Waals surface area contributed by atoms with Crippen LogP contribution in [0.15, 0.2) is 0 Å². The molecule has 1 aliphatic heterocycles. The number of rotatable bonds is 6. The van der Waals surface area contributed by atoms with Gasteiger partial charge in [0.1, 0.15) is 6.10 Å². The molecule has 1 heterocycles. The first-order chi connectivity index (χ1) is 8.41. The predicted octanol–water partition coefficient (Wildman–Crippen LogP) is 1.62. The van der Waals surface area contributed by atoms with Crippen LogP contribution >= 0.6 is 0 Å². The second-order valence-corrected chi connectivity index (χ2v) is 5.10. The fraction of sp³-hybridized carbons (Fsp3) is 0.923. The van der Waals surface area contributed by atoms with Crippen LogP contribution in [-0.4, -0.2) is 42.3 Å². The molecule has 0 aliphatic carbocycles. The third kappa shape index (κ3) is 3.93. The monoisotopic (exact) mass is 260 g/mol. The van der Waals surface area contributed by atoms with Gasteiger partial charge in [0.25, 0.3) is 0 Å². The molecule has 0 saturated carbocycles. The van der Waals surface area contributed by atoms with Crippen molar-refractivity contribution in [3.8, 4) is 0 Å². The Balaban J connectivity index is 2.63. The number of carbonyl (C=O) groups excluding carboxylic acids is 1. The lowest BCUT2D eigenvalue weighted by atomic mass is 10.0. The second-order valence-electron chi connectivity index (χ2n) is 5.10. The van der Waals surface area contributed by atoms with Crippen LogP contribution in [0, 0.1) is 0 Å². The smallest absolute Gasteiger partial charge is 0.337 e. The molecule has 1 rings (SSSR count). The van der Waals surface area contributed by atoms with E-state index in [0.717, 1.165) is 25.7 Å². The van der Waals surface area contributed by atoms with Crippen molar-refractivity contribution in [1.29, 1.82) is 0 Å². The molecule has 1 N–H and O–H groups in total. The van der Waals surface area contributed by atoms with Gasteiger partial charge < -0.3 is 19.3 Å². The van der Waals surface area contributed by atoms with Gasteiger partial charge in [-0.3, -0.25) is 0 Å². The highest BCUT2D eigenvalue weighted by Gasteiger charge is 2.46. The van der Waals surface area contributed by atoms with E-state index in [1.54, 1.807) is 13.8 Å². The van der Waals surface area contributed by atoms with Gasteiger partial charge in [0.2, 0.25) is 0 Å². The lowest BCUT2D eigenvalue weighted by Crippen LogP contribution is -2.41. The molecule has 3 atom stereocenters. The van der Waals surface area contributed by atoms with Gasteiger partial charge in [0, 0.05) is 0 Å². The first kappa shape index (κ1) is 15.4. The van der Waals surface area contributed by atoms with Crippen LogP contribution in [0.5, 0.6) is 0 Å². The summed E-state index contributed by atoms with van der Waals surface area (Å²) >= 11 is 0. The number of aliphatic hydroxyl groups excluding tert-OH is 1. The zero-order valence-corrected chi connectivity index (χ0v) is 11.6. The summed E-state index contributed by atoms with van der Waals surface area (Å²) in [5, 5.41) is 9.90. The maximum absolute atomic E-state index is 11.4. The standard InChI is InChI=1S/C13H24O5/c1-5-6-7-8-9-11(10(14)12(15)16-4)18-13(2,3)17-9/h9-11,14H,5-8H2,1-4H3/t9-,10-,11+/m1/s1. The third-order valence-electron chi connectivity index (χ3n) is 3.07. The number of esters is 1. The largest absolute Gasteiger partial charge is 0.467 e. The van der Waals surface area contributed by atoms with Crippen molar-refractivity contribution in [2.45, 2.75) is 70.6 Å². The Bertz CT molecular complexity index is 277. The summed E-state index contributed by atoms with van der Waals surface area (Å²) in [6.45, 7) is 5.68. The SMILES string of the molecule is CCCCC[C@H]1OC(C)(C)O[C@@H]1[C@@H](O)C(=O)OC. The van der Waals surface area contributed by atoms with Gasteiger partial charge in [-0.25, -0.2) is 4.79 Å². The Morgan fingerprint density at radius 3 is 2.61 bits per heavy atom. The summed E-state index contributed by atoms with van der Waals surface area (Å²) < 4.78 is 15.9. The first-order valence-electron chi connectivity index (χ1n) is 6.53.